The molecule has 23 heavy (non-hydrogen) atoms. The molecule has 0 fully saturated rings. The van der Waals surface area contributed by atoms with Crippen molar-refractivity contribution in [3.05, 3.63) is 53.6 Å². The molecule has 1 N–H and O–H groups in total. The van der Waals surface area contributed by atoms with Crippen LogP contribution in [0, 0.1) is 6.92 Å². The number of para-hydroxylation sites is 1. The molecule has 120 valence electrons. The Hall–Kier alpha value is -2.40. The highest BCUT2D eigenvalue weighted by molar-refractivity contribution is 7.22. The second kappa shape index (κ2) is 7.74. The van der Waals surface area contributed by atoms with Crippen molar-refractivity contribution in [1.82, 2.24) is 4.98 Å². The predicted octanol–water partition coefficient (Wildman–Crippen LogP) is 4.89. The van der Waals surface area contributed by atoms with Crippen LogP contribution in [0.25, 0.3) is 10.2 Å². The highest BCUT2D eigenvalue weighted by Crippen LogP contribution is 2.32. The maximum atomic E-state index is 12.2. The van der Waals surface area contributed by atoms with Crippen LogP contribution >= 0.6 is 11.3 Å². The number of benzene rings is 2. The van der Waals surface area contributed by atoms with Gasteiger partial charge in [0.25, 0.3) is 5.91 Å². The van der Waals surface area contributed by atoms with Gasteiger partial charge in [-0.05, 0) is 31.2 Å². The fraction of sp³-hybridized carbons (Fsp3) is 0.222. The van der Waals surface area contributed by atoms with E-state index in [-0.39, 0.29) is 5.91 Å². The minimum atomic E-state index is -0.159. The number of amides is 1. The number of nitrogens with one attached hydrogen (secondary N) is 1. The fourth-order valence-electron chi connectivity index (χ4n) is 2.02. The zero-order chi connectivity index (χ0) is 16.8. The molecule has 0 aliphatic carbocycles. The summed E-state index contributed by atoms with van der Waals surface area (Å²) in [5.41, 5.74) is 2.51. The van der Waals surface area contributed by atoms with Gasteiger partial charge in [0.2, 0.25) is 0 Å². The average Bonchev–Trinajstić information content (AvgIpc) is 2.99. The number of ether oxygens (including phenoxy) is 1. The van der Waals surface area contributed by atoms with Gasteiger partial charge in [-0.1, -0.05) is 48.9 Å². The first-order valence-electron chi connectivity index (χ1n) is 7.49. The summed E-state index contributed by atoms with van der Waals surface area (Å²) in [5, 5.41) is 3.40. The Balaban J connectivity index is 0.000000924. The molecular formula is C18H20N2O2S. The number of methoxy groups -OCH3 is 1. The minimum absolute atomic E-state index is 0.159. The van der Waals surface area contributed by atoms with Crippen molar-refractivity contribution < 1.29 is 9.53 Å². The summed E-state index contributed by atoms with van der Waals surface area (Å²) in [7, 11) is 1.61. The first-order chi connectivity index (χ1) is 11.2. The second-order valence-corrected chi connectivity index (χ2v) is 5.68. The minimum Gasteiger partial charge on any atom is -0.494 e. The summed E-state index contributed by atoms with van der Waals surface area (Å²) in [5.74, 6) is 0.549. The normalized spacial score (nSPS) is 9.91. The van der Waals surface area contributed by atoms with Gasteiger partial charge in [0.1, 0.15) is 11.3 Å². The molecule has 0 aliphatic rings. The SMILES string of the molecule is CC.COc1cccc2sc(NC(=O)c3ccc(C)cc3)nc12. The molecule has 1 heterocycles. The maximum absolute atomic E-state index is 12.2. The van der Waals surface area contributed by atoms with Gasteiger partial charge in [-0.15, -0.1) is 0 Å². The lowest BCUT2D eigenvalue weighted by Gasteiger charge is -2.01. The molecular weight excluding hydrogens is 308 g/mol. The van der Waals surface area contributed by atoms with Gasteiger partial charge in [-0.3, -0.25) is 10.1 Å². The average molecular weight is 328 g/mol. The van der Waals surface area contributed by atoms with E-state index in [1.807, 2.05) is 51.1 Å². The van der Waals surface area contributed by atoms with Crippen LogP contribution in [-0.2, 0) is 0 Å². The van der Waals surface area contributed by atoms with E-state index in [0.717, 1.165) is 15.8 Å². The van der Waals surface area contributed by atoms with Crippen LogP contribution in [0.1, 0.15) is 29.8 Å². The van der Waals surface area contributed by atoms with E-state index in [9.17, 15) is 4.79 Å². The summed E-state index contributed by atoms with van der Waals surface area (Å²) in [6, 6.07) is 13.2. The number of carbonyl (C=O) groups excluding carboxylic acids is 1. The molecule has 2 aromatic carbocycles. The van der Waals surface area contributed by atoms with E-state index < -0.39 is 0 Å². The predicted molar refractivity (Wildman–Crippen MR) is 96.7 cm³/mol. The van der Waals surface area contributed by atoms with Crippen molar-refractivity contribution in [1.29, 1.82) is 0 Å². The Morgan fingerprint density at radius 2 is 1.83 bits per heavy atom. The number of aromatic nitrogens is 1. The molecule has 0 saturated carbocycles. The molecule has 5 heteroatoms. The van der Waals surface area contributed by atoms with Crippen molar-refractivity contribution in [3.63, 3.8) is 0 Å². The van der Waals surface area contributed by atoms with Crippen molar-refractivity contribution in [2.24, 2.45) is 0 Å². The maximum Gasteiger partial charge on any atom is 0.257 e. The van der Waals surface area contributed by atoms with E-state index >= 15 is 0 Å². The molecule has 0 radical (unpaired) electrons. The number of rotatable bonds is 3. The van der Waals surface area contributed by atoms with Crippen LogP contribution in [0.4, 0.5) is 5.13 Å². The lowest BCUT2D eigenvalue weighted by Crippen LogP contribution is -2.11. The third-order valence-corrected chi connectivity index (χ3v) is 4.07. The van der Waals surface area contributed by atoms with E-state index in [2.05, 4.69) is 10.3 Å². The topological polar surface area (TPSA) is 51.2 Å². The Bertz CT molecular complexity index is 794. The first-order valence-corrected chi connectivity index (χ1v) is 8.30. The van der Waals surface area contributed by atoms with Gasteiger partial charge >= 0.3 is 0 Å². The summed E-state index contributed by atoms with van der Waals surface area (Å²) >= 11 is 1.43. The third kappa shape index (κ3) is 3.87. The van der Waals surface area contributed by atoms with Gasteiger partial charge in [0, 0.05) is 5.56 Å². The third-order valence-electron chi connectivity index (χ3n) is 3.14. The molecule has 1 aromatic heterocycles. The van der Waals surface area contributed by atoms with Gasteiger partial charge < -0.3 is 4.74 Å². The smallest absolute Gasteiger partial charge is 0.257 e. The Morgan fingerprint density at radius 3 is 2.48 bits per heavy atom. The first kappa shape index (κ1) is 17.0. The Kier molecular flexibility index (Phi) is 5.71. The largest absolute Gasteiger partial charge is 0.494 e. The van der Waals surface area contributed by atoms with Crippen LogP contribution in [-0.4, -0.2) is 18.0 Å². The molecule has 0 aliphatic heterocycles. The van der Waals surface area contributed by atoms with Crippen molar-refractivity contribution in [2.75, 3.05) is 12.4 Å². The molecule has 0 atom stereocenters. The zero-order valence-corrected chi connectivity index (χ0v) is 14.5. The molecule has 3 rings (SSSR count). The van der Waals surface area contributed by atoms with E-state index in [1.54, 1.807) is 19.2 Å². The van der Waals surface area contributed by atoms with Gasteiger partial charge in [-0.25, -0.2) is 4.98 Å². The van der Waals surface area contributed by atoms with Crippen LogP contribution in [0.2, 0.25) is 0 Å². The molecule has 3 aromatic rings. The monoisotopic (exact) mass is 328 g/mol. The number of aryl methyl sites for hydroxylation is 1. The van der Waals surface area contributed by atoms with Gasteiger partial charge in [0.15, 0.2) is 5.13 Å². The lowest BCUT2D eigenvalue weighted by molar-refractivity contribution is 0.102. The second-order valence-electron chi connectivity index (χ2n) is 4.65. The fourth-order valence-corrected chi connectivity index (χ4v) is 2.89. The molecule has 0 saturated heterocycles. The molecule has 0 spiro atoms. The Morgan fingerprint density at radius 1 is 1.13 bits per heavy atom. The number of anilines is 1. The summed E-state index contributed by atoms with van der Waals surface area (Å²) in [4.78, 5) is 16.6. The molecule has 0 bridgehead atoms. The van der Waals surface area contributed by atoms with E-state index in [4.69, 9.17) is 4.74 Å². The summed E-state index contributed by atoms with van der Waals surface area (Å²) < 4.78 is 6.26. The summed E-state index contributed by atoms with van der Waals surface area (Å²) in [6.45, 7) is 5.99. The van der Waals surface area contributed by atoms with Crippen LogP contribution in [0.15, 0.2) is 42.5 Å². The Labute approximate surface area is 140 Å². The highest BCUT2D eigenvalue weighted by atomic mass is 32.1. The number of thiazole rings is 1. The zero-order valence-electron chi connectivity index (χ0n) is 13.7. The van der Waals surface area contributed by atoms with Crippen LogP contribution < -0.4 is 10.1 Å². The van der Waals surface area contributed by atoms with Crippen LogP contribution in [0.3, 0.4) is 0 Å². The molecule has 4 nitrogen and oxygen atoms in total. The summed E-state index contributed by atoms with van der Waals surface area (Å²) in [6.07, 6.45) is 0. The van der Waals surface area contributed by atoms with E-state index in [1.165, 1.54) is 11.3 Å². The number of hydrogen-bond donors (Lipinski definition) is 1. The lowest BCUT2D eigenvalue weighted by atomic mass is 10.1. The van der Waals surface area contributed by atoms with Crippen molar-refractivity contribution in [3.8, 4) is 5.75 Å². The van der Waals surface area contributed by atoms with Crippen molar-refractivity contribution in [2.45, 2.75) is 20.8 Å². The van der Waals surface area contributed by atoms with Gasteiger partial charge in [0.05, 0.1) is 11.8 Å². The number of hydrogen-bond acceptors (Lipinski definition) is 4. The highest BCUT2D eigenvalue weighted by Gasteiger charge is 2.12. The molecule has 1 amide bonds. The number of carbonyl (C=O) groups is 1. The standard InChI is InChI=1S/C16H14N2O2S.C2H6/c1-10-6-8-11(9-7-10)15(19)18-16-17-14-12(20-2)4-3-5-13(14)21-16;1-2/h3-9H,1-2H3,(H,17,18,19);1-2H3. The van der Waals surface area contributed by atoms with Crippen molar-refractivity contribution >= 4 is 32.6 Å². The molecule has 0 unspecified atom stereocenters. The number of nitrogens with zero attached hydrogens (tertiary/aromatic N) is 1. The quantitative estimate of drug-likeness (QED) is 0.744. The number of fused-ring (bicyclic) bond motifs is 1. The van der Waals surface area contributed by atoms with E-state index in [0.29, 0.717) is 16.4 Å². The van der Waals surface area contributed by atoms with Crippen LogP contribution in [0.5, 0.6) is 5.75 Å². The van der Waals surface area contributed by atoms with Gasteiger partial charge in [-0.2, -0.15) is 0 Å².